The smallest absolute Gasteiger partial charge is 0.410 e. The van der Waals surface area contributed by atoms with Gasteiger partial charge in [0.05, 0.1) is 20.0 Å². The lowest BCUT2D eigenvalue weighted by Gasteiger charge is -2.24. The summed E-state index contributed by atoms with van der Waals surface area (Å²) in [6.45, 7) is 5.81. The minimum Gasteiger partial charge on any atom is -0.497 e. The van der Waals surface area contributed by atoms with Crippen molar-refractivity contribution in [2.24, 2.45) is 11.7 Å². The van der Waals surface area contributed by atoms with Crippen molar-refractivity contribution >= 4 is 15.9 Å². The van der Waals surface area contributed by atoms with Crippen LogP contribution in [0, 0.1) is 5.92 Å². The number of rotatable bonds is 5. The van der Waals surface area contributed by atoms with Crippen LogP contribution >= 0.6 is 0 Å². The number of benzene rings is 1. The van der Waals surface area contributed by atoms with E-state index in [1.54, 1.807) is 32.9 Å². The fourth-order valence-corrected chi connectivity index (χ4v) is 4.80. The first-order valence-corrected chi connectivity index (χ1v) is 10.3. The summed E-state index contributed by atoms with van der Waals surface area (Å²) in [7, 11) is -0.829. The van der Waals surface area contributed by atoms with Gasteiger partial charge in [-0.2, -0.15) is 0 Å². The molecular weight excluding hydrogens is 372 g/mol. The van der Waals surface area contributed by atoms with Crippen molar-refractivity contribution in [1.29, 1.82) is 0 Å². The number of hydrogen-bond donors (Lipinski definition) is 1. The molecule has 2 N–H and O–H groups in total. The summed E-state index contributed by atoms with van der Waals surface area (Å²) in [6, 6.07) is 4.15. The highest BCUT2D eigenvalue weighted by molar-refractivity contribution is 7.91. The van der Waals surface area contributed by atoms with Gasteiger partial charge in [0.2, 0.25) is 0 Å². The van der Waals surface area contributed by atoms with Gasteiger partial charge in [-0.25, -0.2) is 13.2 Å². The molecule has 1 saturated heterocycles. The van der Waals surface area contributed by atoms with Crippen LogP contribution < -0.4 is 15.2 Å². The van der Waals surface area contributed by atoms with Gasteiger partial charge in [-0.05, 0) is 32.9 Å². The lowest BCUT2D eigenvalue weighted by Crippen LogP contribution is -2.36. The molecule has 8 nitrogen and oxygen atoms in total. The zero-order valence-corrected chi connectivity index (χ0v) is 17.2. The van der Waals surface area contributed by atoms with Crippen LogP contribution in [0.25, 0.3) is 0 Å². The number of nitrogens with two attached hydrogens (primary N) is 1. The number of likely N-dealkylation sites (tertiary alicyclic amines) is 1. The minimum absolute atomic E-state index is 0.0484. The van der Waals surface area contributed by atoms with Crippen LogP contribution in [-0.4, -0.2) is 64.1 Å². The maximum absolute atomic E-state index is 13.0. The molecule has 1 aromatic rings. The van der Waals surface area contributed by atoms with Crippen LogP contribution in [0.2, 0.25) is 0 Å². The Morgan fingerprint density at radius 3 is 2.44 bits per heavy atom. The van der Waals surface area contributed by atoms with Crippen molar-refractivity contribution in [1.82, 2.24) is 4.90 Å². The zero-order chi connectivity index (χ0) is 20.4. The standard InChI is InChI=1S/C18H28N2O6S/c1-18(2,3)26-17(21)20-9-12(14(19)10-20)11-27(22,23)16-8-13(24-4)6-7-15(16)25-5/h6-8,12,14H,9-11,19H2,1-5H3. The van der Waals surface area contributed by atoms with E-state index < -0.39 is 33.5 Å². The van der Waals surface area contributed by atoms with Crippen LogP contribution in [-0.2, 0) is 14.6 Å². The van der Waals surface area contributed by atoms with Gasteiger partial charge in [-0.1, -0.05) is 0 Å². The largest absolute Gasteiger partial charge is 0.497 e. The van der Waals surface area contributed by atoms with Gasteiger partial charge in [0, 0.05) is 31.1 Å². The van der Waals surface area contributed by atoms with Gasteiger partial charge in [-0.15, -0.1) is 0 Å². The Bertz CT molecular complexity index is 788. The molecule has 2 unspecified atom stereocenters. The Kier molecular flexibility index (Phi) is 6.26. The van der Waals surface area contributed by atoms with Gasteiger partial charge in [0.1, 0.15) is 22.0 Å². The van der Waals surface area contributed by atoms with E-state index in [1.165, 1.54) is 25.2 Å². The van der Waals surface area contributed by atoms with E-state index in [-0.39, 0.29) is 29.5 Å². The topological polar surface area (TPSA) is 108 Å². The van der Waals surface area contributed by atoms with E-state index in [0.717, 1.165) is 0 Å². The molecule has 1 heterocycles. The molecule has 1 aromatic carbocycles. The molecule has 1 fully saturated rings. The zero-order valence-electron chi connectivity index (χ0n) is 16.4. The summed E-state index contributed by atoms with van der Waals surface area (Å²) in [6.07, 6.45) is -0.489. The number of amides is 1. The lowest BCUT2D eigenvalue weighted by atomic mass is 10.1. The van der Waals surface area contributed by atoms with E-state index in [9.17, 15) is 13.2 Å². The van der Waals surface area contributed by atoms with Gasteiger partial charge in [0.25, 0.3) is 0 Å². The van der Waals surface area contributed by atoms with Crippen LogP contribution in [0.1, 0.15) is 20.8 Å². The summed E-state index contributed by atoms with van der Waals surface area (Å²) in [5, 5.41) is 0. The van der Waals surface area contributed by atoms with Crippen molar-refractivity contribution in [3.8, 4) is 11.5 Å². The summed E-state index contributed by atoms with van der Waals surface area (Å²) >= 11 is 0. The number of carbonyl (C=O) groups excluding carboxylic acids is 1. The highest BCUT2D eigenvalue weighted by Crippen LogP contribution is 2.31. The first-order chi connectivity index (χ1) is 12.5. The summed E-state index contributed by atoms with van der Waals surface area (Å²) in [5.74, 6) is 0.0575. The molecule has 27 heavy (non-hydrogen) atoms. The molecule has 2 atom stereocenters. The Hall–Kier alpha value is -2.00. The number of ether oxygens (including phenoxy) is 3. The first-order valence-electron chi connectivity index (χ1n) is 8.65. The Morgan fingerprint density at radius 1 is 1.22 bits per heavy atom. The quantitative estimate of drug-likeness (QED) is 0.801. The average Bonchev–Trinajstić information content (AvgIpc) is 2.93. The molecule has 1 aliphatic rings. The van der Waals surface area contributed by atoms with Crippen molar-refractivity contribution in [2.75, 3.05) is 33.1 Å². The Morgan fingerprint density at radius 2 is 1.89 bits per heavy atom. The maximum Gasteiger partial charge on any atom is 0.410 e. The third kappa shape index (κ3) is 5.26. The van der Waals surface area contributed by atoms with Gasteiger partial charge >= 0.3 is 6.09 Å². The molecule has 0 bridgehead atoms. The summed E-state index contributed by atoms with van der Waals surface area (Å²) in [4.78, 5) is 13.7. The highest BCUT2D eigenvalue weighted by atomic mass is 32.2. The number of carbonyl (C=O) groups is 1. The fraction of sp³-hybridized carbons (Fsp3) is 0.611. The van der Waals surface area contributed by atoms with E-state index in [4.69, 9.17) is 19.9 Å². The monoisotopic (exact) mass is 400 g/mol. The van der Waals surface area contributed by atoms with Gasteiger partial charge in [0.15, 0.2) is 9.84 Å². The van der Waals surface area contributed by atoms with E-state index in [2.05, 4.69) is 0 Å². The summed E-state index contributed by atoms with van der Waals surface area (Å²) in [5.41, 5.74) is 5.49. The minimum atomic E-state index is -3.70. The van der Waals surface area contributed by atoms with E-state index in [1.807, 2.05) is 0 Å². The number of hydrogen-bond acceptors (Lipinski definition) is 7. The van der Waals surface area contributed by atoms with Crippen LogP contribution in [0.4, 0.5) is 4.79 Å². The predicted molar refractivity (Wildman–Crippen MR) is 101 cm³/mol. The first kappa shape index (κ1) is 21.3. The third-order valence-electron chi connectivity index (χ3n) is 4.28. The normalized spacial score (nSPS) is 20.4. The number of methoxy groups -OCH3 is 2. The SMILES string of the molecule is COc1ccc(OC)c(S(=O)(=O)CC2CN(C(=O)OC(C)(C)C)CC2N)c1. The van der Waals surface area contributed by atoms with Gasteiger partial charge in [-0.3, -0.25) is 0 Å². The molecule has 0 aromatic heterocycles. The third-order valence-corrected chi connectivity index (χ3v) is 6.14. The van der Waals surface area contributed by atoms with Crippen molar-refractivity contribution in [3.63, 3.8) is 0 Å². The van der Waals surface area contributed by atoms with Gasteiger partial charge < -0.3 is 24.8 Å². The Balaban J connectivity index is 2.17. The van der Waals surface area contributed by atoms with E-state index >= 15 is 0 Å². The van der Waals surface area contributed by atoms with Crippen LogP contribution in [0.15, 0.2) is 23.1 Å². The molecule has 0 saturated carbocycles. The fourth-order valence-electron chi connectivity index (χ4n) is 2.95. The second-order valence-electron chi connectivity index (χ2n) is 7.61. The average molecular weight is 400 g/mol. The summed E-state index contributed by atoms with van der Waals surface area (Å²) < 4.78 is 41.6. The van der Waals surface area contributed by atoms with Crippen LogP contribution in [0.5, 0.6) is 11.5 Å². The second-order valence-corrected chi connectivity index (χ2v) is 9.61. The van der Waals surface area contributed by atoms with E-state index in [0.29, 0.717) is 5.75 Å². The van der Waals surface area contributed by atoms with Crippen molar-refractivity contribution in [3.05, 3.63) is 18.2 Å². The second kappa shape index (κ2) is 7.93. The highest BCUT2D eigenvalue weighted by Gasteiger charge is 2.38. The molecule has 0 radical (unpaired) electrons. The Labute approximate surface area is 160 Å². The van der Waals surface area contributed by atoms with Crippen molar-refractivity contribution < 1.29 is 27.4 Å². The molecule has 0 spiro atoms. The molecule has 1 aliphatic heterocycles. The van der Waals surface area contributed by atoms with Crippen LogP contribution in [0.3, 0.4) is 0 Å². The van der Waals surface area contributed by atoms with Crippen molar-refractivity contribution in [2.45, 2.75) is 37.3 Å². The maximum atomic E-state index is 13.0. The molecular formula is C18H28N2O6S. The molecule has 0 aliphatic carbocycles. The predicted octanol–water partition coefficient (Wildman–Crippen LogP) is 1.67. The lowest BCUT2D eigenvalue weighted by molar-refractivity contribution is 0.0288. The number of sulfone groups is 1. The molecule has 1 amide bonds. The molecule has 2 rings (SSSR count). The molecule has 152 valence electrons. The molecule has 9 heteroatoms. The number of nitrogens with zero attached hydrogens (tertiary/aromatic N) is 1.